The number of pyridine rings is 1. The number of nitrogens with one attached hydrogen (secondary N) is 1. The Hall–Kier alpha value is -3.95. The van der Waals surface area contributed by atoms with Crippen LogP contribution in [0.2, 0.25) is 0 Å². The number of hydrogen-bond donors (Lipinski definition) is 1. The molecule has 0 bridgehead atoms. The van der Waals surface area contributed by atoms with Crippen molar-refractivity contribution in [1.82, 2.24) is 9.55 Å². The van der Waals surface area contributed by atoms with Gasteiger partial charge in [-0.25, -0.2) is 4.98 Å². The maximum atomic E-state index is 9.58. The Morgan fingerprint density at radius 1 is 1.16 bits per heavy atom. The lowest BCUT2D eigenvalue weighted by molar-refractivity contribution is 0.184. The zero-order valence-electron chi connectivity index (χ0n) is 17.5. The summed E-state index contributed by atoms with van der Waals surface area (Å²) in [5.41, 5.74) is 8.33. The lowest BCUT2D eigenvalue weighted by Crippen LogP contribution is -2.03. The zero-order valence-corrected chi connectivity index (χ0v) is 17.5. The first-order valence-corrected chi connectivity index (χ1v) is 10.00. The molecule has 6 nitrogen and oxygen atoms in total. The van der Waals surface area contributed by atoms with Crippen LogP contribution in [0.3, 0.4) is 0 Å². The van der Waals surface area contributed by atoms with Gasteiger partial charge >= 0.3 is 0 Å². The summed E-state index contributed by atoms with van der Waals surface area (Å²) in [6.07, 6.45) is 3.86. The third-order valence-corrected chi connectivity index (χ3v) is 5.03. The molecule has 0 aliphatic heterocycles. The second kappa shape index (κ2) is 9.24. The first kappa shape index (κ1) is 20.3. The molecule has 0 radical (unpaired) electrons. The van der Waals surface area contributed by atoms with Gasteiger partial charge in [-0.15, -0.1) is 0 Å². The molecule has 4 rings (SSSR count). The number of anilines is 1. The van der Waals surface area contributed by atoms with Gasteiger partial charge in [-0.1, -0.05) is 48.5 Å². The fourth-order valence-corrected chi connectivity index (χ4v) is 3.67. The Morgan fingerprint density at radius 3 is 2.71 bits per heavy atom. The predicted molar refractivity (Wildman–Crippen MR) is 123 cm³/mol. The van der Waals surface area contributed by atoms with Crippen LogP contribution >= 0.6 is 0 Å². The van der Waals surface area contributed by atoms with Crippen molar-refractivity contribution in [3.8, 4) is 6.07 Å². The van der Waals surface area contributed by atoms with E-state index in [1.807, 2.05) is 43.3 Å². The number of aromatic nitrogens is 2. The molecule has 0 unspecified atom stereocenters. The van der Waals surface area contributed by atoms with Gasteiger partial charge in [-0.05, 0) is 24.6 Å². The van der Waals surface area contributed by atoms with Gasteiger partial charge in [0.2, 0.25) is 0 Å². The van der Waals surface area contributed by atoms with Gasteiger partial charge in [0.15, 0.2) is 5.82 Å². The molecule has 31 heavy (non-hydrogen) atoms. The third kappa shape index (κ3) is 4.47. The van der Waals surface area contributed by atoms with Crippen molar-refractivity contribution in [2.75, 3.05) is 12.5 Å². The van der Waals surface area contributed by atoms with Crippen molar-refractivity contribution in [2.24, 2.45) is 5.10 Å². The second-order valence-corrected chi connectivity index (χ2v) is 7.28. The minimum atomic E-state index is 0.345. The molecular weight excluding hydrogens is 386 g/mol. The molecule has 0 atom stereocenters. The molecule has 6 heteroatoms. The maximum absolute atomic E-state index is 9.58. The highest BCUT2D eigenvalue weighted by Gasteiger charge is 2.11. The highest BCUT2D eigenvalue weighted by molar-refractivity contribution is 5.99. The van der Waals surface area contributed by atoms with E-state index < -0.39 is 0 Å². The van der Waals surface area contributed by atoms with Crippen LogP contribution in [0, 0.1) is 18.3 Å². The quantitative estimate of drug-likeness (QED) is 0.349. The van der Waals surface area contributed by atoms with Gasteiger partial charge in [-0.2, -0.15) is 10.4 Å². The smallest absolute Gasteiger partial charge is 0.164 e. The summed E-state index contributed by atoms with van der Waals surface area (Å²) in [4.78, 5) is 4.43. The number of nitriles is 1. The molecule has 0 saturated carbocycles. The molecule has 2 heterocycles. The minimum Gasteiger partial charge on any atom is -0.380 e. The van der Waals surface area contributed by atoms with E-state index in [-0.39, 0.29) is 0 Å². The van der Waals surface area contributed by atoms with E-state index in [0.717, 1.165) is 34.3 Å². The Labute approximate surface area is 181 Å². The van der Waals surface area contributed by atoms with E-state index in [1.54, 1.807) is 13.3 Å². The van der Waals surface area contributed by atoms with Crippen LogP contribution in [-0.2, 0) is 17.9 Å². The Morgan fingerprint density at radius 2 is 1.94 bits per heavy atom. The SMILES string of the molecule is COCc1cc(C)nc(N/N=C\c2cn(Cc3ccccc3)c3ccccc23)c1C#N. The van der Waals surface area contributed by atoms with Crippen molar-refractivity contribution in [1.29, 1.82) is 5.26 Å². The molecule has 0 aliphatic rings. The lowest BCUT2D eigenvalue weighted by atomic mass is 10.1. The summed E-state index contributed by atoms with van der Waals surface area (Å²) in [7, 11) is 1.60. The van der Waals surface area contributed by atoms with Crippen LogP contribution < -0.4 is 5.43 Å². The number of rotatable bonds is 7. The highest BCUT2D eigenvalue weighted by atomic mass is 16.5. The standard InChI is InChI=1S/C25H23N5O/c1-18-12-20(17-31-2)23(13-26)25(28-18)29-27-14-21-16-30(15-19-8-4-3-5-9-19)24-11-7-6-10-22(21)24/h3-12,14,16H,15,17H2,1-2H3,(H,28,29)/b27-14-. The number of hydrogen-bond acceptors (Lipinski definition) is 5. The third-order valence-electron chi connectivity index (χ3n) is 5.03. The predicted octanol–water partition coefficient (Wildman–Crippen LogP) is 4.86. The van der Waals surface area contributed by atoms with Gasteiger partial charge < -0.3 is 9.30 Å². The summed E-state index contributed by atoms with van der Waals surface area (Å²) >= 11 is 0. The first-order valence-electron chi connectivity index (χ1n) is 10.00. The van der Waals surface area contributed by atoms with Gasteiger partial charge in [0.1, 0.15) is 11.6 Å². The monoisotopic (exact) mass is 409 g/mol. The summed E-state index contributed by atoms with van der Waals surface area (Å²) in [6, 6.07) is 22.7. The average molecular weight is 409 g/mol. The van der Waals surface area contributed by atoms with Gasteiger partial charge in [-0.3, -0.25) is 5.43 Å². The average Bonchev–Trinajstić information content (AvgIpc) is 3.12. The van der Waals surface area contributed by atoms with E-state index in [0.29, 0.717) is 18.0 Å². The Kier molecular flexibility index (Phi) is 6.06. The molecule has 4 aromatic rings. The zero-order chi connectivity index (χ0) is 21.6. The summed E-state index contributed by atoms with van der Waals surface area (Å²) < 4.78 is 7.42. The number of nitrogens with zero attached hydrogens (tertiary/aromatic N) is 4. The number of aryl methyl sites for hydroxylation is 1. The van der Waals surface area contributed by atoms with E-state index in [4.69, 9.17) is 4.74 Å². The van der Waals surface area contributed by atoms with Crippen LogP contribution in [0.4, 0.5) is 5.82 Å². The summed E-state index contributed by atoms with van der Waals surface area (Å²) in [5, 5.41) is 15.1. The fraction of sp³-hybridized carbons (Fsp3) is 0.160. The number of benzene rings is 2. The van der Waals surface area contributed by atoms with Crippen molar-refractivity contribution < 1.29 is 4.74 Å². The van der Waals surface area contributed by atoms with Gasteiger partial charge in [0.05, 0.1) is 12.8 Å². The molecule has 1 N–H and O–H groups in total. The van der Waals surface area contributed by atoms with Crippen LogP contribution in [0.1, 0.15) is 27.9 Å². The van der Waals surface area contributed by atoms with E-state index in [1.165, 1.54) is 5.56 Å². The minimum absolute atomic E-state index is 0.345. The largest absolute Gasteiger partial charge is 0.380 e. The van der Waals surface area contributed by atoms with E-state index >= 15 is 0 Å². The van der Waals surface area contributed by atoms with Crippen LogP contribution in [0.15, 0.2) is 72.0 Å². The van der Waals surface area contributed by atoms with Crippen molar-refractivity contribution in [3.63, 3.8) is 0 Å². The molecule has 0 amide bonds. The number of fused-ring (bicyclic) bond motifs is 1. The van der Waals surface area contributed by atoms with E-state index in [9.17, 15) is 5.26 Å². The molecular formula is C25H23N5O. The Bertz CT molecular complexity index is 1270. The van der Waals surface area contributed by atoms with Gasteiger partial charge in [0, 0.05) is 47.6 Å². The first-order chi connectivity index (χ1) is 15.2. The van der Waals surface area contributed by atoms with Crippen molar-refractivity contribution in [3.05, 3.63) is 94.8 Å². The fourth-order valence-electron chi connectivity index (χ4n) is 3.67. The molecule has 0 aliphatic carbocycles. The summed E-state index contributed by atoms with van der Waals surface area (Å²) in [5.74, 6) is 0.429. The Balaban J connectivity index is 1.63. The number of ether oxygens (including phenoxy) is 1. The van der Waals surface area contributed by atoms with Crippen LogP contribution in [0.5, 0.6) is 0 Å². The maximum Gasteiger partial charge on any atom is 0.164 e. The van der Waals surface area contributed by atoms with Crippen LogP contribution in [0.25, 0.3) is 10.9 Å². The number of para-hydroxylation sites is 1. The van der Waals surface area contributed by atoms with Crippen molar-refractivity contribution >= 4 is 22.9 Å². The number of hydrazone groups is 1. The normalized spacial score (nSPS) is 11.1. The lowest BCUT2D eigenvalue weighted by Gasteiger charge is -2.09. The van der Waals surface area contributed by atoms with Crippen LogP contribution in [-0.4, -0.2) is 22.9 Å². The topological polar surface area (TPSA) is 75.2 Å². The second-order valence-electron chi connectivity index (χ2n) is 7.28. The molecule has 0 fully saturated rings. The molecule has 2 aromatic heterocycles. The van der Waals surface area contributed by atoms with E-state index in [2.05, 4.69) is 56.6 Å². The molecule has 154 valence electrons. The van der Waals surface area contributed by atoms with Crippen molar-refractivity contribution in [2.45, 2.75) is 20.1 Å². The number of methoxy groups -OCH3 is 1. The summed E-state index contributed by atoms with van der Waals surface area (Å²) in [6.45, 7) is 3.01. The molecule has 0 spiro atoms. The van der Waals surface area contributed by atoms with Gasteiger partial charge in [0.25, 0.3) is 0 Å². The molecule has 2 aromatic carbocycles. The molecule has 0 saturated heterocycles. The highest BCUT2D eigenvalue weighted by Crippen LogP contribution is 2.22.